The number of nitrogens with zero attached hydrogens (tertiary/aromatic N) is 3. The predicted molar refractivity (Wildman–Crippen MR) is 71.6 cm³/mol. The zero-order valence-corrected chi connectivity index (χ0v) is 11.9. The molecule has 0 aliphatic carbocycles. The topological polar surface area (TPSA) is 38.1 Å². The van der Waals surface area contributed by atoms with Crippen LogP contribution in [0.2, 0.25) is 0 Å². The third-order valence-electron chi connectivity index (χ3n) is 2.35. The van der Waals surface area contributed by atoms with Crippen molar-refractivity contribution in [3.05, 3.63) is 29.0 Å². The molecule has 0 radical (unpaired) electrons. The van der Waals surface area contributed by atoms with Gasteiger partial charge in [0.1, 0.15) is 0 Å². The van der Waals surface area contributed by atoms with Gasteiger partial charge in [0.15, 0.2) is 0 Å². The summed E-state index contributed by atoms with van der Waals surface area (Å²) in [5, 5.41) is 4.12. The summed E-state index contributed by atoms with van der Waals surface area (Å²) in [6.45, 7) is 9.70. The molecule has 1 heterocycles. The highest BCUT2D eigenvalue weighted by atomic mass is 79.9. The second-order valence-electron chi connectivity index (χ2n) is 4.04. The predicted octanol–water partition coefficient (Wildman–Crippen LogP) is 2.46. The van der Waals surface area contributed by atoms with E-state index in [4.69, 9.17) is 0 Å². The summed E-state index contributed by atoms with van der Waals surface area (Å²) in [5.74, 6) is 0.141. The van der Waals surface area contributed by atoms with E-state index >= 15 is 0 Å². The van der Waals surface area contributed by atoms with Crippen LogP contribution >= 0.6 is 15.9 Å². The van der Waals surface area contributed by atoms with E-state index in [1.165, 1.54) is 0 Å². The first-order chi connectivity index (χ1) is 8.02. The van der Waals surface area contributed by atoms with E-state index in [0.29, 0.717) is 26.1 Å². The number of hydrogen-bond donors (Lipinski definition) is 0. The summed E-state index contributed by atoms with van der Waals surface area (Å²) in [7, 11) is 0. The highest BCUT2D eigenvalue weighted by molar-refractivity contribution is 9.10. The Bertz CT molecular complexity index is 400. The van der Waals surface area contributed by atoms with Crippen LogP contribution in [0.25, 0.3) is 0 Å². The zero-order valence-electron chi connectivity index (χ0n) is 10.3. The van der Waals surface area contributed by atoms with Crippen molar-refractivity contribution in [1.82, 2.24) is 14.7 Å². The highest BCUT2D eigenvalue weighted by Gasteiger charge is 2.11. The van der Waals surface area contributed by atoms with E-state index in [1.54, 1.807) is 15.8 Å². The van der Waals surface area contributed by atoms with Crippen LogP contribution in [0.3, 0.4) is 0 Å². The van der Waals surface area contributed by atoms with Crippen LogP contribution in [-0.4, -0.2) is 33.7 Å². The van der Waals surface area contributed by atoms with Gasteiger partial charge in [-0.1, -0.05) is 12.2 Å². The molecular weight excluding hydrogens is 282 g/mol. The number of hydrogen-bond acceptors (Lipinski definition) is 2. The lowest BCUT2D eigenvalue weighted by molar-refractivity contribution is -0.130. The Hall–Kier alpha value is -1.10. The zero-order chi connectivity index (χ0) is 12.8. The van der Waals surface area contributed by atoms with Gasteiger partial charge >= 0.3 is 0 Å². The number of likely N-dealkylation sites (N-methyl/N-ethyl adjacent to an activating group) is 1. The van der Waals surface area contributed by atoms with Crippen LogP contribution < -0.4 is 0 Å². The van der Waals surface area contributed by atoms with E-state index in [2.05, 4.69) is 27.6 Å². The minimum Gasteiger partial charge on any atom is -0.339 e. The molecule has 0 fully saturated rings. The van der Waals surface area contributed by atoms with Gasteiger partial charge < -0.3 is 4.90 Å². The number of amides is 1. The molecule has 0 atom stereocenters. The molecular formula is C12H18BrN3O. The third kappa shape index (κ3) is 4.73. The first kappa shape index (κ1) is 14.0. The van der Waals surface area contributed by atoms with Crippen molar-refractivity contribution >= 4 is 21.8 Å². The Balaban J connectivity index is 2.44. The molecule has 0 aliphatic rings. The average Bonchev–Trinajstić information content (AvgIpc) is 2.68. The third-order valence-corrected chi connectivity index (χ3v) is 2.76. The Morgan fingerprint density at radius 3 is 2.82 bits per heavy atom. The summed E-state index contributed by atoms with van der Waals surface area (Å²) in [5.41, 5.74) is 1.00. The highest BCUT2D eigenvalue weighted by Crippen LogP contribution is 2.07. The number of aryl methyl sites for hydroxylation is 1. The molecule has 0 saturated heterocycles. The SMILES string of the molecule is C=C(C)CN(CC)C(=O)CCn1cc(Br)cn1. The van der Waals surface area contributed by atoms with Crippen LogP contribution in [0.1, 0.15) is 20.3 Å². The normalized spacial score (nSPS) is 10.3. The number of carbonyl (C=O) groups is 1. The molecule has 0 bridgehead atoms. The van der Waals surface area contributed by atoms with Crippen molar-refractivity contribution in [2.75, 3.05) is 13.1 Å². The van der Waals surface area contributed by atoms with Crippen molar-refractivity contribution in [1.29, 1.82) is 0 Å². The van der Waals surface area contributed by atoms with Crippen LogP contribution in [-0.2, 0) is 11.3 Å². The molecule has 1 aromatic heterocycles. The average molecular weight is 300 g/mol. The smallest absolute Gasteiger partial charge is 0.224 e. The molecule has 0 aromatic carbocycles. The molecule has 4 nitrogen and oxygen atoms in total. The Morgan fingerprint density at radius 1 is 1.65 bits per heavy atom. The lowest BCUT2D eigenvalue weighted by Gasteiger charge is -2.20. The molecule has 0 aliphatic heterocycles. The van der Waals surface area contributed by atoms with Crippen molar-refractivity contribution < 1.29 is 4.79 Å². The number of rotatable bonds is 6. The molecule has 0 spiro atoms. The van der Waals surface area contributed by atoms with Crippen LogP contribution in [0.5, 0.6) is 0 Å². The maximum absolute atomic E-state index is 11.9. The molecule has 0 N–H and O–H groups in total. The van der Waals surface area contributed by atoms with Gasteiger partial charge in [-0.15, -0.1) is 0 Å². The molecule has 1 aromatic rings. The maximum atomic E-state index is 11.9. The Morgan fingerprint density at radius 2 is 2.35 bits per heavy atom. The van der Waals surface area contributed by atoms with E-state index in [9.17, 15) is 4.79 Å². The van der Waals surface area contributed by atoms with Crippen molar-refractivity contribution in [2.45, 2.75) is 26.8 Å². The quantitative estimate of drug-likeness (QED) is 0.757. The van der Waals surface area contributed by atoms with Crippen LogP contribution in [0.4, 0.5) is 0 Å². The van der Waals surface area contributed by atoms with E-state index in [-0.39, 0.29) is 5.91 Å². The van der Waals surface area contributed by atoms with E-state index in [1.807, 2.05) is 20.0 Å². The summed E-state index contributed by atoms with van der Waals surface area (Å²) < 4.78 is 2.69. The largest absolute Gasteiger partial charge is 0.339 e. The van der Waals surface area contributed by atoms with Crippen LogP contribution in [0.15, 0.2) is 29.0 Å². The molecule has 0 saturated carbocycles. The summed E-state index contributed by atoms with van der Waals surface area (Å²) in [6, 6.07) is 0. The molecule has 5 heteroatoms. The minimum absolute atomic E-state index is 0.141. The van der Waals surface area contributed by atoms with Gasteiger partial charge in [-0.2, -0.15) is 5.10 Å². The summed E-state index contributed by atoms with van der Waals surface area (Å²) in [4.78, 5) is 13.7. The fourth-order valence-electron chi connectivity index (χ4n) is 1.53. The molecule has 94 valence electrons. The first-order valence-electron chi connectivity index (χ1n) is 5.63. The minimum atomic E-state index is 0.141. The molecule has 17 heavy (non-hydrogen) atoms. The van der Waals surface area contributed by atoms with Gasteiger partial charge in [0.05, 0.1) is 10.7 Å². The standard InChI is InChI=1S/C12H18BrN3O/c1-4-15(8-10(2)3)12(17)5-6-16-9-11(13)7-14-16/h7,9H,2,4-6,8H2,1,3H3. The number of aromatic nitrogens is 2. The Kier molecular flexibility index (Phi) is 5.41. The molecule has 1 amide bonds. The first-order valence-corrected chi connectivity index (χ1v) is 6.42. The number of halogens is 1. The van der Waals surface area contributed by atoms with Gasteiger partial charge in [0.2, 0.25) is 5.91 Å². The lowest BCUT2D eigenvalue weighted by atomic mass is 10.3. The fraction of sp³-hybridized carbons (Fsp3) is 0.500. The van der Waals surface area contributed by atoms with Gasteiger partial charge in [-0.3, -0.25) is 9.48 Å². The number of carbonyl (C=O) groups excluding carboxylic acids is 1. The van der Waals surface area contributed by atoms with Crippen molar-refractivity contribution in [2.24, 2.45) is 0 Å². The second-order valence-corrected chi connectivity index (χ2v) is 4.95. The van der Waals surface area contributed by atoms with Crippen molar-refractivity contribution in [3.8, 4) is 0 Å². The molecule has 0 unspecified atom stereocenters. The van der Waals surface area contributed by atoms with E-state index < -0.39 is 0 Å². The monoisotopic (exact) mass is 299 g/mol. The second kappa shape index (κ2) is 6.59. The summed E-state index contributed by atoms with van der Waals surface area (Å²) in [6.07, 6.45) is 4.05. The van der Waals surface area contributed by atoms with Crippen LogP contribution in [0, 0.1) is 0 Å². The van der Waals surface area contributed by atoms with Crippen molar-refractivity contribution in [3.63, 3.8) is 0 Å². The lowest BCUT2D eigenvalue weighted by Crippen LogP contribution is -2.32. The van der Waals surface area contributed by atoms with Gasteiger partial charge in [0, 0.05) is 32.3 Å². The maximum Gasteiger partial charge on any atom is 0.224 e. The van der Waals surface area contributed by atoms with Gasteiger partial charge in [-0.25, -0.2) is 0 Å². The Labute approximate surface area is 110 Å². The van der Waals surface area contributed by atoms with Gasteiger partial charge in [-0.05, 0) is 29.8 Å². The van der Waals surface area contributed by atoms with Gasteiger partial charge in [0.25, 0.3) is 0 Å². The van der Waals surface area contributed by atoms with E-state index in [0.717, 1.165) is 10.0 Å². The fourth-order valence-corrected chi connectivity index (χ4v) is 1.86. The molecule has 1 rings (SSSR count). The summed E-state index contributed by atoms with van der Waals surface area (Å²) >= 11 is 3.32.